The molecule has 1 aromatic rings. The summed E-state index contributed by atoms with van der Waals surface area (Å²) in [7, 11) is 5.51. The summed E-state index contributed by atoms with van der Waals surface area (Å²) in [5.74, 6) is 0.867. The summed E-state index contributed by atoms with van der Waals surface area (Å²) in [6.45, 7) is 3.33. The Labute approximate surface area is 149 Å². The summed E-state index contributed by atoms with van der Waals surface area (Å²) < 4.78 is 5.22. The van der Waals surface area contributed by atoms with Crippen LogP contribution in [0, 0.1) is 5.92 Å². The number of hydrogen-bond donors (Lipinski definition) is 0. The number of methoxy groups -OCH3 is 1. The van der Waals surface area contributed by atoms with Gasteiger partial charge in [-0.3, -0.25) is 9.59 Å². The molecule has 0 radical (unpaired) electrons. The van der Waals surface area contributed by atoms with E-state index in [0.29, 0.717) is 12.8 Å². The van der Waals surface area contributed by atoms with E-state index in [-0.39, 0.29) is 23.8 Å². The van der Waals surface area contributed by atoms with Gasteiger partial charge in [-0.25, -0.2) is 0 Å². The maximum absolute atomic E-state index is 13.2. The number of amides is 2. The highest BCUT2D eigenvalue weighted by Crippen LogP contribution is 2.37. The number of ether oxygens (including phenoxy) is 1. The second-order valence-electron chi connectivity index (χ2n) is 7.00. The first-order chi connectivity index (χ1) is 12.0. The standard InChI is InChI=1S/C19H27N3O3/c1-20-10-12-22(13-11-20)19(24)16-8-9-17(23)21(2)18(16)14-4-6-15(25-3)7-5-14/h4-7,16,18H,8-13H2,1-3H3/t16-,18+/m0/s1. The maximum atomic E-state index is 13.2. The van der Waals surface area contributed by atoms with E-state index in [1.807, 2.05) is 29.2 Å². The Morgan fingerprint density at radius 3 is 2.32 bits per heavy atom. The molecule has 2 aliphatic heterocycles. The van der Waals surface area contributed by atoms with E-state index in [0.717, 1.165) is 37.5 Å². The van der Waals surface area contributed by atoms with Gasteiger partial charge in [0.2, 0.25) is 11.8 Å². The van der Waals surface area contributed by atoms with Crippen LogP contribution in [-0.2, 0) is 9.59 Å². The second-order valence-corrected chi connectivity index (χ2v) is 7.00. The molecule has 0 spiro atoms. The number of hydrogen-bond acceptors (Lipinski definition) is 4. The molecule has 0 aliphatic carbocycles. The number of likely N-dealkylation sites (tertiary alicyclic amines) is 1. The highest BCUT2D eigenvalue weighted by atomic mass is 16.5. The number of rotatable bonds is 3. The SMILES string of the molecule is COc1ccc([C@@H]2[C@@H](C(=O)N3CCN(C)CC3)CCC(=O)N2C)cc1. The minimum absolute atomic E-state index is 0.100. The number of piperazine rings is 1. The molecule has 25 heavy (non-hydrogen) atoms. The van der Waals surface area contributed by atoms with Crippen LogP contribution in [-0.4, -0.2) is 73.9 Å². The highest BCUT2D eigenvalue weighted by molar-refractivity contribution is 5.85. The molecule has 3 rings (SSSR count). The summed E-state index contributed by atoms with van der Waals surface area (Å²) in [4.78, 5) is 31.4. The lowest BCUT2D eigenvalue weighted by Crippen LogP contribution is -2.52. The van der Waals surface area contributed by atoms with Crippen molar-refractivity contribution >= 4 is 11.8 Å². The van der Waals surface area contributed by atoms with E-state index in [2.05, 4.69) is 11.9 Å². The van der Waals surface area contributed by atoms with E-state index < -0.39 is 0 Å². The molecular formula is C19H27N3O3. The molecule has 0 saturated carbocycles. The fourth-order valence-corrected chi connectivity index (χ4v) is 3.82. The predicted octanol–water partition coefficient (Wildman–Crippen LogP) is 1.38. The van der Waals surface area contributed by atoms with Gasteiger partial charge >= 0.3 is 0 Å². The zero-order valence-corrected chi connectivity index (χ0v) is 15.3. The molecule has 1 aromatic carbocycles. The molecule has 0 N–H and O–H groups in total. The molecule has 0 aromatic heterocycles. The van der Waals surface area contributed by atoms with E-state index in [1.165, 1.54) is 0 Å². The third kappa shape index (κ3) is 3.63. The van der Waals surface area contributed by atoms with Crippen molar-refractivity contribution < 1.29 is 14.3 Å². The molecule has 2 amide bonds. The van der Waals surface area contributed by atoms with Gasteiger partial charge in [-0.2, -0.15) is 0 Å². The van der Waals surface area contributed by atoms with Crippen molar-refractivity contribution in [2.75, 3.05) is 47.4 Å². The Kier molecular flexibility index (Phi) is 5.27. The molecule has 2 fully saturated rings. The van der Waals surface area contributed by atoms with Crippen molar-refractivity contribution in [2.45, 2.75) is 18.9 Å². The van der Waals surface area contributed by atoms with Gasteiger partial charge in [-0.15, -0.1) is 0 Å². The molecular weight excluding hydrogens is 318 g/mol. The second kappa shape index (κ2) is 7.44. The smallest absolute Gasteiger partial charge is 0.228 e. The molecule has 2 saturated heterocycles. The summed E-state index contributed by atoms with van der Waals surface area (Å²) in [5, 5.41) is 0. The third-order valence-electron chi connectivity index (χ3n) is 5.45. The van der Waals surface area contributed by atoms with E-state index in [9.17, 15) is 9.59 Å². The van der Waals surface area contributed by atoms with Gasteiger partial charge in [-0.05, 0) is 31.2 Å². The normalized spacial score (nSPS) is 25.2. The number of carbonyl (C=O) groups excluding carboxylic acids is 2. The number of piperidine rings is 1. The minimum Gasteiger partial charge on any atom is -0.497 e. The fourth-order valence-electron chi connectivity index (χ4n) is 3.82. The highest BCUT2D eigenvalue weighted by Gasteiger charge is 2.40. The summed E-state index contributed by atoms with van der Waals surface area (Å²) in [6, 6.07) is 7.49. The molecule has 0 bridgehead atoms. The lowest BCUT2D eigenvalue weighted by atomic mass is 9.83. The monoisotopic (exact) mass is 345 g/mol. The quantitative estimate of drug-likeness (QED) is 0.830. The lowest BCUT2D eigenvalue weighted by Gasteiger charge is -2.42. The number of nitrogens with zero attached hydrogens (tertiary/aromatic N) is 3. The van der Waals surface area contributed by atoms with Gasteiger partial charge < -0.3 is 19.4 Å². The molecule has 136 valence electrons. The summed E-state index contributed by atoms with van der Waals surface area (Å²) in [5.41, 5.74) is 0.990. The van der Waals surface area contributed by atoms with Crippen molar-refractivity contribution in [3.8, 4) is 5.75 Å². The Morgan fingerprint density at radius 2 is 1.72 bits per heavy atom. The van der Waals surface area contributed by atoms with Crippen molar-refractivity contribution in [2.24, 2.45) is 5.92 Å². The maximum Gasteiger partial charge on any atom is 0.228 e. The number of carbonyl (C=O) groups is 2. The van der Waals surface area contributed by atoms with Crippen LogP contribution in [0.2, 0.25) is 0 Å². The molecule has 6 heteroatoms. The zero-order chi connectivity index (χ0) is 18.0. The lowest BCUT2D eigenvalue weighted by molar-refractivity contribution is -0.147. The molecule has 2 heterocycles. The van der Waals surface area contributed by atoms with Crippen LogP contribution in [0.5, 0.6) is 5.75 Å². The van der Waals surface area contributed by atoms with Crippen LogP contribution in [0.25, 0.3) is 0 Å². The van der Waals surface area contributed by atoms with Gasteiger partial charge in [0.25, 0.3) is 0 Å². The van der Waals surface area contributed by atoms with Crippen molar-refractivity contribution in [1.29, 1.82) is 0 Å². The topological polar surface area (TPSA) is 53.1 Å². The number of benzene rings is 1. The van der Waals surface area contributed by atoms with Gasteiger partial charge in [0.15, 0.2) is 0 Å². The van der Waals surface area contributed by atoms with Crippen LogP contribution < -0.4 is 4.74 Å². The van der Waals surface area contributed by atoms with Crippen LogP contribution in [0.1, 0.15) is 24.4 Å². The first-order valence-electron chi connectivity index (χ1n) is 8.88. The Morgan fingerprint density at radius 1 is 1.08 bits per heavy atom. The van der Waals surface area contributed by atoms with Crippen LogP contribution >= 0.6 is 0 Å². The average Bonchev–Trinajstić information content (AvgIpc) is 2.64. The Balaban J connectivity index is 1.84. The van der Waals surface area contributed by atoms with Crippen LogP contribution in [0.3, 0.4) is 0 Å². The Bertz CT molecular complexity index is 623. The minimum atomic E-state index is -0.209. The predicted molar refractivity (Wildman–Crippen MR) is 95.3 cm³/mol. The molecule has 2 atom stereocenters. The molecule has 6 nitrogen and oxygen atoms in total. The average molecular weight is 345 g/mol. The van der Waals surface area contributed by atoms with E-state index in [1.54, 1.807) is 19.1 Å². The first-order valence-corrected chi connectivity index (χ1v) is 8.88. The number of likely N-dealkylation sites (N-methyl/N-ethyl adjacent to an activating group) is 1. The van der Waals surface area contributed by atoms with Gasteiger partial charge in [0.05, 0.1) is 19.1 Å². The molecule has 2 aliphatic rings. The van der Waals surface area contributed by atoms with E-state index in [4.69, 9.17) is 4.74 Å². The van der Waals surface area contributed by atoms with Gasteiger partial charge in [-0.1, -0.05) is 12.1 Å². The van der Waals surface area contributed by atoms with Crippen LogP contribution in [0.15, 0.2) is 24.3 Å². The van der Waals surface area contributed by atoms with Crippen molar-refractivity contribution in [3.05, 3.63) is 29.8 Å². The molecule has 0 unspecified atom stereocenters. The Hall–Kier alpha value is -2.08. The van der Waals surface area contributed by atoms with Crippen molar-refractivity contribution in [3.63, 3.8) is 0 Å². The fraction of sp³-hybridized carbons (Fsp3) is 0.579. The summed E-state index contributed by atoms with van der Waals surface area (Å²) in [6.07, 6.45) is 1.05. The van der Waals surface area contributed by atoms with Gasteiger partial charge in [0, 0.05) is 39.6 Å². The third-order valence-corrected chi connectivity index (χ3v) is 5.45. The van der Waals surface area contributed by atoms with E-state index >= 15 is 0 Å². The van der Waals surface area contributed by atoms with Gasteiger partial charge in [0.1, 0.15) is 5.75 Å². The largest absolute Gasteiger partial charge is 0.497 e. The van der Waals surface area contributed by atoms with Crippen molar-refractivity contribution in [1.82, 2.24) is 14.7 Å². The summed E-state index contributed by atoms with van der Waals surface area (Å²) >= 11 is 0. The van der Waals surface area contributed by atoms with Crippen LogP contribution in [0.4, 0.5) is 0 Å². The first kappa shape index (κ1) is 17.7. The zero-order valence-electron chi connectivity index (χ0n) is 15.3.